The Hall–Kier alpha value is -2.83. The molecule has 0 aliphatic heterocycles. The zero-order valence-electron chi connectivity index (χ0n) is 15.8. The van der Waals surface area contributed by atoms with Gasteiger partial charge in [-0.1, -0.05) is 54.9 Å². The number of amides is 1. The number of rotatable bonds is 7. The van der Waals surface area contributed by atoms with Gasteiger partial charge in [-0.2, -0.15) is 0 Å². The number of carbonyl (C=O) groups is 1. The summed E-state index contributed by atoms with van der Waals surface area (Å²) in [5, 5.41) is 3.33. The van der Waals surface area contributed by atoms with Gasteiger partial charge in [0.15, 0.2) is 0 Å². The minimum absolute atomic E-state index is 0.103. The van der Waals surface area contributed by atoms with E-state index in [1.165, 1.54) is 24.3 Å². The minimum atomic E-state index is -3.76. The normalized spacial score (nSPS) is 12.2. The van der Waals surface area contributed by atoms with Crippen LogP contribution in [-0.2, 0) is 14.8 Å². The molecular formula is C22H21ClN2O3S. The molecule has 0 bridgehead atoms. The Morgan fingerprint density at radius 2 is 1.59 bits per heavy atom. The molecule has 0 saturated heterocycles. The number of hydrogen-bond acceptors (Lipinski definition) is 3. The van der Waals surface area contributed by atoms with Crippen molar-refractivity contribution in [1.29, 1.82) is 0 Å². The first kappa shape index (κ1) is 20.9. The third-order valence-corrected chi connectivity index (χ3v) is 6.08. The molecule has 1 atom stereocenters. The van der Waals surface area contributed by atoms with E-state index in [-0.39, 0.29) is 16.7 Å². The number of carbonyl (C=O) groups excluding carboxylic acids is 1. The molecule has 7 heteroatoms. The molecular weight excluding hydrogens is 408 g/mol. The molecule has 2 N–H and O–H groups in total. The number of anilines is 2. The van der Waals surface area contributed by atoms with Gasteiger partial charge in [-0.25, -0.2) is 8.42 Å². The number of nitrogens with one attached hydrogen (secondary N) is 2. The Labute approximate surface area is 175 Å². The summed E-state index contributed by atoms with van der Waals surface area (Å²) in [6.07, 6.45) is 0.652. The van der Waals surface area contributed by atoms with Crippen molar-refractivity contribution in [2.45, 2.75) is 24.2 Å². The Morgan fingerprint density at radius 1 is 0.931 bits per heavy atom. The molecule has 3 aromatic carbocycles. The minimum Gasteiger partial charge on any atom is -0.325 e. The van der Waals surface area contributed by atoms with E-state index in [1.54, 1.807) is 24.3 Å². The van der Waals surface area contributed by atoms with Crippen LogP contribution in [0.4, 0.5) is 11.4 Å². The highest BCUT2D eigenvalue weighted by molar-refractivity contribution is 7.92. The van der Waals surface area contributed by atoms with Crippen molar-refractivity contribution < 1.29 is 13.2 Å². The molecule has 0 fully saturated rings. The quantitative estimate of drug-likeness (QED) is 0.538. The van der Waals surface area contributed by atoms with Crippen LogP contribution in [0, 0.1) is 0 Å². The van der Waals surface area contributed by atoms with Crippen LogP contribution < -0.4 is 10.0 Å². The first-order valence-corrected chi connectivity index (χ1v) is 11.0. The van der Waals surface area contributed by atoms with Crippen LogP contribution in [0.25, 0.3) is 0 Å². The first-order valence-electron chi connectivity index (χ1n) is 9.13. The van der Waals surface area contributed by atoms with Crippen molar-refractivity contribution in [2.75, 3.05) is 10.0 Å². The van der Waals surface area contributed by atoms with Crippen LogP contribution in [0.1, 0.15) is 24.8 Å². The summed E-state index contributed by atoms with van der Waals surface area (Å²) in [6, 6.07) is 22.1. The fourth-order valence-corrected chi connectivity index (χ4v) is 4.15. The Bertz CT molecular complexity index is 1080. The summed E-state index contributed by atoms with van der Waals surface area (Å²) in [5.41, 5.74) is 1.80. The van der Waals surface area contributed by atoms with Crippen molar-refractivity contribution in [3.63, 3.8) is 0 Å². The van der Waals surface area contributed by atoms with Gasteiger partial charge in [0.05, 0.1) is 16.5 Å². The fraction of sp³-hybridized carbons (Fsp3) is 0.136. The molecule has 3 aromatic rings. The van der Waals surface area contributed by atoms with Gasteiger partial charge in [-0.3, -0.25) is 9.52 Å². The predicted molar refractivity (Wildman–Crippen MR) is 117 cm³/mol. The molecule has 0 aliphatic rings. The topological polar surface area (TPSA) is 75.3 Å². The van der Waals surface area contributed by atoms with Gasteiger partial charge >= 0.3 is 0 Å². The lowest BCUT2D eigenvalue weighted by Gasteiger charge is -2.16. The standard InChI is InChI=1S/C22H21ClN2O3S/c1-2-21(16-7-4-3-5-8-16)22(26)24-18-9-6-10-19(15-18)25-29(27,28)20-13-11-17(23)12-14-20/h3-15,21,25H,2H2,1H3,(H,24,26). The average Bonchev–Trinajstić information content (AvgIpc) is 2.69. The Morgan fingerprint density at radius 3 is 2.24 bits per heavy atom. The highest BCUT2D eigenvalue weighted by Gasteiger charge is 2.19. The molecule has 0 aliphatic carbocycles. The van der Waals surface area contributed by atoms with Gasteiger partial charge in [0, 0.05) is 10.7 Å². The predicted octanol–water partition coefficient (Wildman–Crippen LogP) is 5.27. The summed E-state index contributed by atoms with van der Waals surface area (Å²) in [4.78, 5) is 12.8. The SMILES string of the molecule is CCC(C(=O)Nc1cccc(NS(=O)(=O)c2ccc(Cl)cc2)c1)c1ccccc1. The van der Waals surface area contributed by atoms with Gasteiger partial charge in [-0.05, 0) is 54.4 Å². The molecule has 0 heterocycles. The van der Waals surface area contributed by atoms with Crippen LogP contribution >= 0.6 is 11.6 Å². The van der Waals surface area contributed by atoms with Crippen molar-refractivity contribution in [1.82, 2.24) is 0 Å². The number of hydrogen-bond donors (Lipinski definition) is 2. The van der Waals surface area contributed by atoms with Gasteiger partial charge in [0.25, 0.3) is 10.0 Å². The molecule has 1 unspecified atom stereocenters. The van der Waals surface area contributed by atoms with E-state index in [0.717, 1.165) is 5.56 Å². The lowest BCUT2D eigenvalue weighted by atomic mass is 9.95. The fourth-order valence-electron chi connectivity index (χ4n) is 2.98. The Balaban J connectivity index is 1.75. The number of benzene rings is 3. The second kappa shape index (κ2) is 9.11. The van der Waals surface area contributed by atoms with Crippen LogP contribution in [0.15, 0.2) is 83.8 Å². The van der Waals surface area contributed by atoms with E-state index < -0.39 is 10.0 Å². The molecule has 0 saturated carbocycles. The van der Waals surface area contributed by atoms with Crippen molar-refractivity contribution >= 4 is 38.9 Å². The third-order valence-electron chi connectivity index (χ3n) is 4.43. The number of halogens is 1. The van der Waals surface area contributed by atoms with E-state index >= 15 is 0 Å². The molecule has 0 aromatic heterocycles. The monoisotopic (exact) mass is 428 g/mol. The summed E-state index contributed by atoms with van der Waals surface area (Å²) in [6.45, 7) is 1.95. The van der Waals surface area contributed by atoms with Gasteiger partial charge in [0.1, 0.15) is 0 Å². The summed E-state index contributed by atoms with van der Waals surface area (Å²) < 4.78 is 27.6. The molecule has 5 nitrogen and oxygen atoms in total. The average molecular weight is 429 g/mol. The van der Waals surface area contributed by atoms with Crippen molar-refractivity contribution in [3.8, 4) is 0 Å². The maximum absolute atomic E-state index is 12.7. The second-order valence-corrected chi connectivity index (χ2v) is 8.62. The van der Waals surface area contributed by atoms with Crippen LogP contribution in [-0.4, -0.2) is 14.3 Å². The van der Waals surface area contributed by atoms with E-state index in [9.17, 15) is 13.2 Å². The van der Waals surface area contributed by atoms with E-state index in [1.807, 2.05) is 37.3 Å². The molecule has 0 spiro atoms. The highest BCUT2D eigenvalue weighted by atomic mass is 35.5. The maximum Gasteiger partial charge on any atom is 0.261 e. The smallest absolute Gasteiger partial charge is 0.261 e. The molecule has 150 valence electrons. The summed E-state index contributed by atoms with van der Waals surface area (Å²) in [7, 11) is -3.76. The largest absolute Gasteiger partial charge is 0.325 e. The lowest BCUT2D eigenvalue weighted by molar-refractivity contribution is -0.117. The first-order chi connectivity index (χ1) is 13.9. The van der Waals surface area contributed by atoms with Crippen molar-refractivity contribution in [3.05, 3.63) is 89.4 Å². The zero-order valence-corrected chi connectivity index (χ0v) is 17.4. The van der Waals surface area contributed by atoms with Gasteiger partial charge in [-0.15, -0.1) is 0 Å². The second-order valence-electron chi connectivity index (χ2n) is 6.50. The molecule has 1 amide bonds. The molecule has 29 heavy (non-hydrogen) atoms. The lowest BCUT2D eigenvalue weighted by Crippen LogP contribution is -2.20. The number of sulfonamides is 1. The van der Waals surface area contributed by atoms with Crippen LogP contribution in [0.3, 0.4) is 0 Å². The Kier molecular flexibility index (Phi) is 6.56. The summed E-state index contributed by atoms with van der Waals surface area (Å²) >= 11 is 5.82. The zero-order chi connectivity index (χ0) is 20.9. The molecule has 0 radical (unpaired) electrons. The van der Waals surface area contributed by atoms with Crippen LogP contribution in [0.5, 0.6) is 0 Å². The van der Waals surface area contributed by atoms with E-state index in [2.05, 4.69) is 10.0 Å². The van der Waals surface area contributed by atoms with Crippen molar-refractivity contribution in [2.24, 2.45) is 0 Å². The third kappa shape index (κ3) is 5.37. The van der Waals surface area contributed by atoms with Gasteiger partial charge < -0.3 is 5.32 Å². The maximum atomic E-state index is 12.7. The van der Waals surface area contributed by atoms with Gasteiger partial charge in [0.2, 0.25) is 5.91 Å². The summed E-state index contributed by atoms with van der Waals surface area (Å²) in [5.74, 6) is -0.429. The highest BCUT2D eigenvalue weighted by Crippen LogP contribution is 2.24. The van der Waals surface area contributed by atoms with E-state index in [0.29, 0.717) is 22.8 Å². The van der Waals surface area contributed by atoms with Crippen LogP contribution in [0.2, 0.25) is 5.02 Å². The van der Waals surface area contributed by atoms with E-state index in [4.69, 9.17) is 11.6 Å². The molecule has 3 rings (SSSR count).